The third-order valence-corrected chi connectivity index (χ3v) is 3.26. The van der Waals surface area contributed by atoms with E-state index in [1.807, 2.05) is 7.05 Å². The van der Waals surface area contributed by atoms with Crippen molar-refractivity contribution in [1.29, 1.82) is 0 Å². The first-order valence-electron chi connectivity index (χ1n) is 5.95. The van der Waals surface area contributed by atoms with Crippen molar-refractivity contribution in [1.82, 2.24) is 5.32 Å². The predicted octanol–water partition coefficient (Wildman–Crippen LogP) is 4.05. The molecular formula is C14H21ClFN. The van der Waals surface area contributed by atoms with Crippen LogP contribution in [0, 0.1) is 11.2 Å². The van der Waals surface area contributed by atoms with Crippen molar-refractivity contribution in [2.75, 3.05) is 7.05 Å². The summed E-state index contributed by atoms with van der Waals surface area (Å²) in [5.41, 5.74) is 0.749. The molecule has 0 bridgehead atoms. The first-order chi connectivity index (χ1) is 7.84. The van der Waals surface area contributed by atoms with Gasteiger partial charge in [-0.25, -0.2) is 4.39 Å². The number of benzene rings is 1. The van der Waals surface area contributed by atoms with Crippen LogP contribution in [0.1, 0.15) is 32.8 Å². The van der Waals surface area contributed by atoms with E-state index in [1.165, 1.54) is 6.07 Å². The summed E-state index contributed by atoms with van der Waals surface area (Å²) in [6.07, 6.45) is 1.70. The lowest BCUT2D eigenvalue weighted by molar-refractivity contribution is 0.290. The standard InChI is InChI=1S/C14H21ClFN/c1-10(17-4)8-14(2,3)9-11-7-12(15)5-6-13(11)16/h5-7,10,17H,8-9H2,1-4H3. The van der Waals surface area contributed by atoms with E-state index in [1.54, 1.807) is 12.1 Å². The second-order valence-corrected chi connectivity index (χ2v) is 5.91. The van der Waals surface area contributed by atoms with E-state index in [0.29, 0.717) is 23.0 Å². The van der Waals surface area contributed by atoms with Gasteiger partial charge in [0.2, 0.25) is 0 Å². The Balaban J connectivity index is 2.78. The summed E-state index contributed by atoms with van der Waals surface area (Å²) in [5.74, 6) is -0.167. The quantitative estimate of drug-likeness (QED) is 0.839. The topological polar surface area (TPSA) is 12.0 Å². The van der Waals surface area contributed by atoms with E-state index in [-0.39, 0.29) is 11.2 Å². The van der Waals surface area contributed by atoms with Crippen LogP contribution in [-0.2, 0) is 6.42 Å². The molecule has 0 aromatic heterocycles. The molecule has 1 atom stereocenters. The first-order valence-corrected chi connectivity index (χ1v) is 6.33. The molecule has 1 nitrogen and oxygen atoms in total. The SMILES string of the molecule is CNC(C)CC(C)(C)Cc1cc(Cl)ccc1F. The summed E-state index contributed by atoms with van der Waals surface area (Å²) < 4.78 is 13.6. The molecule has 0 saturated carbocycles. The van der Waals surface area contributed by atoms with Crippen LogP contribution in [-0.4, -0.2) is 13.1 Å². The minimum Gasteiger partial charge on any atom is -0.317 e. The number of hydrogen-bond donors (Lipinski definition) is 1. The van der Waals surface area contributed by atoms with Gasteiger partial charge in [0, 0.05) is 11.1 Å². The van der Waals surface area contributed by atoms with Crippen molar-refractivity contribution in [2.45, 2.75) is 39.7 Å². The fourth-order valence-corrected chi connectivity index (χ4v) is 2.39. The highest BCUT2D eigenvalue weighted by Gasteiger charge is 2.22. The van der Waals surface area contributed by atoms with Gasteiger partial charge in [0.1, 0.15) is 5.82 Å². The maximum Gasteiger partial charge on any atom is 0.126 e. The maximum absolute atomic E-state index is 13.6. The van der Waals surface area contributed by atoms with Gasteiger partial charge in [0.05, 0.1) is 0 Å². The molecule has 0 fully saturated rings. The van der Waals surface area contributed by atoms with Crippen LogP contribution in [0.3, 0.4) is 0 Å². The second kappa shape index (κ2) is 5.83. The highest BCUT2D eigenvalue weighted by atomic mass is 35.5. The highest BCUT2D eigenvalue weighted by molar-refractivity contribution is 6.30. The fraction of sp³-hybridized carbons (Fsp3) is 0.571. The Bertz CT molecular complexity index is 376. The Kier molecular flexibility index (Phi) is 4.96. The Morgan fingerprint density at radius 1 is 1.41 bits per heavy atom. The molecule has 0 spiro atoms. The van der Waals surface area contributed by atoms with Gasteiger partial charge in [-0.05, 0) is 56.0 Å². The Hall–Kier alpha value is -0.600. The van der Waals surface area contributed by atoms with E-state index >= 15 is 0 Å². The first kappa shape index (κ1) is 14.5. The van der Waals surface area contributed by atoms with Gasteiger partial charge in [0.25, 0.3) is 0 Å². The van der Waals surface area contributed by atoms with Crippen LogP contribution < -0.4 is 5.32 Å². The van der Waals surface area contributed by atoms with Crippen molar-refractivity contribution >= 4 is 11.6 Å². The van der Waals surface area contributed by atoms with Crippen LogP contribution >= 0.6 is 11.6 Å². The molecule has 0 saturated heterocycles. The summed E-state index contributed by atoms with van der Waals surface area (Å²) in [5, 5.41) is 3.81. The number of hydrogen-bond acceptors (Lipinski definition) is 1. The lowest BCUT2D eigenvalue weighted by Gasteiger charge is -2.28. The summed E-state index contributed by atoms with van der Waals surface area (Å²) in [4.78, 5) is 0. The van der Waals surface area contributed by atoms with Gasteiger partial charge in [-0.1, -0.05) is 25.4 Å². The summed E-state index contributed by atoms with van der Waals surface area (Å²) in [7, 11) is 1.95. The van der Waals surface area contributed by atoms with E-state index in [9.17, 15) is 4.39 Å². The molecule has 0 aliphatic carbocycles. The van der Waals surface area contributed by atoms with Gasteiger partial charge in [-0.15, -0.1) is 0 Å². The molecule has 0 aliphatic rings. The van der Waals surface area contributed by atoms with Crippen LogP contribution in [0.15, 0.2) is 18.2 Å². The normalized spacial score (nSPS) is 13.8. The third-order valence-electron chi connectivity index (χ3n) is 3.03. The molecule has 0 radical (unpaired) electrons. The maximum atomic E-state index is 13.6. The average molecular weight is 258 g/mol. The number of rotatable bonds is 5. The molecule has 1 aromatic rings. The van der Waals surface area contributed by atoms with Gasteiger partial charge in [0.15, 0.2) is 0 Å². The van der Waals surface area contributed by atoms with E-state index in [0.717, 1.165) is 6.42 Å². The summed E-state index contributed by atoms with van der Waals surface area (Å²) in [6.45, 7) is 6.44. The zero-order valence-corrected chi connectivity index (χ0v) is 11.7. The van der Waals surface area contributed by atoms with Gasteiger partial charge in [-0.2, -0.15) is 0 Å². The molecule has 1 aromatic carbocycles. The lowest BCUT2D eigenvalue weighted by atomic mass is 9.80. The smallest absolute Gasteiger partial charge is 0.126 e. The van der Waals surface area contributed by atoms with Crippen molar-refractivity contribution in [3.8, 4) is 0 Å². The monoisotopic (exact) mass is 257 g/mol. The molecule has 3 heteroatoms. The minimum atomic E-state index is -0.167. The predicted molar refractivity (Wildman–Crippen MR) is 72.0 cm³/mol. The van der Waals surface area contributed by atoms with Crippen LogP contribution in [0.25, 0.3) is 0 Å². The highest BCUT2D eigenvalue weighted by Crippen LogP contribution is 2.29. The molecule has 17 heavy (non-hydrogen) atoms. The Labute approximate surface area is 108 Å². The molecule has 0 aliphatic heterocycles. The Morgan fingerprint density at radius 3 is 2.65 bits per heavy atom. The summed E-state index contributed by atoms with van der Waals surface area (Å²) >= 11 is 5.90. The van der Waals surface area contributed by atoms with E-state index in [4.69, 9.17) is 11.6 Å². The Morgan fingerprint density at radius 2 is 2.06 bits per heavy atom. The fourth-order valence-electron chi connectivity index (χ4n) is 2.20. The van der Waals surface area contributed by atoms with E-state index in [2.05, 4.69) is 26.1 Å². The van der Waals surface area contributed by atoms with Crippen LogP contribution in [0.4, 0.5) is 4.39 Å². The number of nitrogens with one attached hydrogen (secondary N) is 1. The van der Waals surface area contributed by atoms with Crippen LogP contribution in [0.5, 0.6) is 0 Å². The van der Waals surface area contributed by atoms with Crippen molar-refractivity contribution in [2.24, 2.45) is 5.41 Å². The lowest BCUT2D eigenvalue weighted by Crippen LogP contribution is -2.29. The number of halogens is 2. The van der Waals surface area contributed by atoms with E-state index < -0.39 is 0 Å². The molecule has 0 heterocycles. The molecular weight excluding hydrogens is 237 g/mol. The molecule has 1 unspecified atom stereocenters. The van der Waals surface area contributed by atoms with Crippen molar-refractivity contribution in [3.05, 3.63) is 34.6 Å². The van der Waals surface area contributed by atoms with Gasteiger partial charge in [-0.3, -0.25) is 0 Å². The van der Waals surface area contributed by atoms with Crippen molar-refractivity contribution < 1.29 is 4.39 Å². The van der Waals surface area contributed by atoms with Crippen molar-refractivity contribution in [3.63, 3.8) is 0 Å². The second-order valence-electron chi connectivity index (χ2n) is 5.47. The van der Waals surface area contributed by atoms with Gasteiger partial charge < -0.3 is 5.32 Å². The average Bonchev–Trinajstić information content (AvgIpc) is 2.22. The minimum absolute atomic E-state index is 0.0496. The van der Waals surface area contributed by atoms with Gasteiger partial charge >= 0.3 is 0 Å². The summed E-state index contributed by atoms with van der Waals surface area (Å²) in [6, 6.07) is 5.17. The molecule has 1 N–H and O–H groups in total. The zero-order valence-electron chi connectivity index (χ0n) is 11.0. The van der Waals surface area contributed by atoms with Crippen LogP contribution in [0.2, 0.25) is 5.02 Å². The largest absolute Gasteiger partial charge is 0.317 e. The zero-order chi connectivity index (χ0) is 13.1. The molecule has 1 rings (SSSR count). The third kappa shape index (κ3) is 4.64. The molecule has 96 valence electrons. The molecule has 0 amide bonds.